The summed E-state index contributed by atoms with van der Waals surface area (Å²) in [5.41, 5.74) is 0.745. The first-order valence-corrected chi connectivity index (χ1v) is 7.80. The Morgan fingerprint density at radius 3 is 2.84 bits per heavy atom. The number of hydrogen-bond acceptors (Lipinski definition) is 6. The van der Waals surface area contributed by atoms with Gasteiger partial charge in [0.1, 0.15) is 23.7 Å². The van der Waals surface area contributed by atoms with E-state index in [-0.39, 0.29) is 12.7 Å². The van der Waals surface area contributed by atoms with Crippen LogP contribution >= 0.6 is 11.8 Å². The Kier molecular flexibility index (Phi) is 3.93. The molecule has 5 atom stereocenters. The lowest BCUT2D eigenvalue weighted by Crippen LogP contribution is -2.41. The number of hydrogen-bond donors (Lipinski definition) is 1. The van der Waals surface area contributed by atoms with E-state index in [1.54, 1.807) is 0 Å². The second-order valence-corrected chi connectivity index (χ2v) is 6.52. The van der Waals surface area contributed by atoms with Crippen LogP contribution < -0.4 is 0 Å². The Balaban J connectivity index is 1.69. The normalized spacial score (nSPS) is 38.1. The molecule has 104 valence electrons. The van der Waals surface area contributed by atoms with E-state index in [0.717, 1.165) is 4.90 Å². The maximum absolute atomic E-state index is 11.1. The van der Waals surface area contributed by atoms with Crippen molar-refractivity contribution in [1.29, 1.82) is 0 Å². The van der Waals surface area contributed by atoms with Crippen molar-refractivity contribution in [1.82, 2.24) is 0 Å². The maximum atomic E-state index is 11.1. The minimum atomic E-state index is -1.79. The Bertz CT molecular complexity index is 478. The van der Waals surface area contributed by atoms with Crippen LogP contribution in [0.2, 0.25) is 0 Å². The molecule has 0 aromatic heterocycles. The van der Waals surface area contributed by atoms with Crippen LogP contribution in [0, 0.1) is 6.92 Å². The lowest BCUT2D eigenvalue weighted by atomic mass is 10.2. The van der Waals surface area contributed by atoms with Gasteiger partial charge >= 0.3 is 11.4 Å². The average Bonchev–Trinajstić information content (AvgIpc) is 2.70. The number of aliphatic hydroxyl groups excluding tert-OH is 1. The first-order valence-electron chi connectivity index (χ1n) is 5.92. The lowest BCUT2D eigenvalue weighted by molar-refractivity contribution is -0.0172. The van der Waals surface area contributed by atoms with Crippen molar-refractivity contribution in [3.05, 3.63) is 29.8 Å². The Morgan fingerprint density at radius 1 is 1.37 bits per heavy atom. The highest BCUT2D eigenvalue weighted by atomic mass is 32.2. The van der Waals surface area contributed by atoms with Crippen LogP contribution in [-0.2, 0) is 24.5 Å². The summed E-state index contributed by atoms with van der Waals surface area (Å²) in [7, 11) is 0. The number of ether oxygens (including phenoxy) is 1. The summed E-state index contributed by atoms with van der Waals surface area (Å²) in [5, 5.41) is 10.2. The van der Waals surface area contributed by atoms with Gasteiger partial charge in [-0.2, -0.15) is 4.21 Å². The molecule has 2 aliphatic rings. The molecule has 1 aromatic rings. The monoisotopic (exact) mass is 302 g/mol. The molecule has 19 heavy (non-hydrogen) atoms. The number of aryl methyl sites for hydroxylation is 1. The van der Waals surface area contributed by atoms with Gasteiger partial charge in [0.25, 0.3) is 0 Å². The van der Waals surface area contributed by atoms with Crippen molar-refractivity contribution < 1.29 is 22.4 Å². The Hall–Kier alpha value is -0.440. The molecular formula is C12H14O5S2. The number of fused-ring (bicyclic) bond motifs is 1. The standard InChI is InChI=1S/C12H14O5S2/c1-7-2-4-8(5-3-7)18-12-10(13)11-9(16-12)6-15-19(14)17-11/h2-5,9-13H,6H2,1H3/t9-,10-,11+,12+,19?/m1/s1. The van der Waals surface area contributed by atoms with Crippen molar-refractivity contribution in [2.75, 3.05) is 6.61 Å². The summed E-state index contributed by atoms with van der Waals surface area (Å²) in [4.78, 5) is 1.01. The lowest BCUT2D eigenvalue weighted by Gasteiger charge is -2.23. The SMILES string of the molecule is Cc1ccc(S[C@@H]2O[C@@H]3COS(=O)O[C@@H]3[C@H]2O)cc1. The first-order chi connectivity index (χ1) is 9.13. The van der Waals surface area contributed by atoms with E-state index in [0.29, 0.717) is 0 Å². The molecule has 2 saturated heterocycles. The third-order valence-electron chi connectivity index (χ3n) is 3.08. The maximum Gasteiger partial charge on any atom is 0.305 e. The summed E-state index contributed by atoms with van der Waals surface area (Å²) in [5.74, 6) is 0. The van der Waals surface area contributed by atoms with Gasteiger partial charge < -0.3 is 9.84 Å². The predicted octanol–water partition coefficient (Wildman–Crippen LogP) is 1.17. The highest BCUT2D eigenvalue weighted by Gasteiger charge is 2.48. The van der Waals surface area contributed by atoms with Crippen LogP contribution in [0.4, 0.5) is 0 Å². The van der Waals surface area contributed by atoms with Crippen molar-refractivity contribution in [3.8, 4) is 0 Å². The van der Waals surface area contributed by atoms with E-state index < -0.39 is 29.0 Å². The molecular weight excluding hydrogens is 288 g/mol. The van der Waals surface area contributed by atoms with Gasteiger partial charge in [-0.1, -0.05) is 29.5 Å². The second kappa shape index (κ2) is 5.51. The molecule has 1 unspecified atom stereocenters. The Labute approximate surface area is 118 Å². The number of thioether (sulfide) groups is 1. The molecule has 5 nitrogen and oxygen atoms in total. The molecule has 3 rings (SSSR count). The largest absolute Gasteiger partial charge is 0.387 e. The van der Waals surface area contributed by atoms with Gasteiger partial charge in [0, 0.05) is 4.90 Å². The topological polar surface area (TPSA) is 65.0 Å². The minimum absolute atomic E-state index is 0.180. The summed E-state index contributed by atoms with van der Waals surface area (Å²) in [6.07, 6.45) is -1.77. The fourth-order valence-corrected chi connectivity index (χ4v) is 3.82. The van der Waals surface area contributed by atoms with E-state index in [1.807, 2.05) is 31.2 Å². The average molecular weight is 302 g/mol. The number of benzene rings is 1. The second-order valence-electron chi connectivity index (χ2n) is 4.51. The van der Waals surface area contributed by atoms with E-state index in [2.05, 4.69) is 0 Å². The minimum Gasteiger partial charge on any atom is -0.387 e. The fraction of sp³-hybridized carbons (Fsp3) is 0.500. The third-order valence-corrected chi connectivity index (χ3v) is 4.96. The Morgan fingerprint density at radius 2 is 2.11 bits per heavy atom. The molecule has 0 saturated carbocycles. The van der Waals surface area contributed by atoms with Crippen molar-refractivity contribution >= 4 is 23.1 Å². The van der Waals surface area contributed by atoms with E-state index >= 15 is 0 Å². The highest BCUT2D eigenvalue weighted by Crippen LogP contribution is 2.37. The summed E-state index contributed by atoms with van der Waals surface area (Å²) < 4.78 is 26.8. The van der Waals surface area contributed by atoms with E-state index in [9.17, 15) is 9.32 Å². The summed E-state index contributed by atoms with van der Waals surface area (Å²) in [6, 6.07) is 7.97. The molecule has 2 fully saturated rings. The molecule has 2 aliphatic heterocycles. The molecule has 0 radical (unpaired) electrons. The van der Waals surface area contributed by atoms with Gasteiger partial charge in [-0.3, -0.25) is 8.37 Å². The predicted molar refractivity (Wildman–Crippen MR) is 70.7 cm³/mol. The molecule has 1 aromatic carbocycles. The molecule has 7 heteroatoms. The van der Waals surface area contributed by atoms with Gasteiger partial charge in [-0.25, -0.2) is 0 Å². The van der Waals surface area contributed by atoms with Gasteiger partial charge in [0.2, 0.25) is 0 Å². The van der Waals surface area contributed by atoms with Gasteiger partial charge in [-0.15, -0.1) is 0 Å². The summed E-state index contributed by atoms with van der Waals surface area (Å²) in [6.45, 7) is 2.20. The zero-order valence-corrected chi connectivity index (χ0v) is 11.9. The van der Waals surface area contributed by atoms with Crippen LogP contribution in [-0.4, -0.2) is 39.7 Å². The first kappa shape index (κ1) is 13.5. The van der Waals surface area contributed by atoms with Crippen LogP contribution in [0.5, 0.6) is 0 Å². The number of aliphatic hydroxyl groups is 1. The highest BCUT2D eigenvalue weighted by molar-refractivity contribution is 7.99. The van der Waals surface area contributed by atoms with Crippen molar-refractivity contribution in [3.63, 3.8) is 0 Å². The fourth-order valence-electron chi connectivity index (χ4n) is 2.05. The van der Waals surface area contributed by atoms with Crippen LogP contribution in [0.15, 0.2) is 29.2 Å². The quantitative estimate of drug-likeness (QED) is 0.884. The van der Waals surface area contributed by atoms with Crippen LogP contribution in [0.1, 0.15) is 5.56 Å². The molecule has 2 heterocycles. The van der Waals surface area contributed by atoms with E-state index in [1.165, 1.54) is 17.3 Å². The number of rotatable bonds is 2. The van der Waals surface area contributed by atoms with Crippen molar-refractivity contribution in [2.24, 2.45) is 0 Å². The van der Waals surface area contributed by atoms with Crippen LogP contribution in [0.25, 0.3) is 0 Å². The van der Waals surface area contributed by atoms with Gasteiger partial charge in [0.05, 0.1) is 6.61 Å². The molecule has 1 N–H and O–H groups in total. The summed E-state index contributed by atoms with van der Waals surface area (Å²) >= 11 is -0.357. The third kappa shape index (κ3) is 2.86. The van der Waals surface area contributed by atoms with Gasteiger partial charge in [-0.05, 0) is 19.1 Å². The molecule has 0 bridgehead atoms. The van der Waals surface area contributed by atoms with Gasteiger partial charge in [0.15, 0.2) is 0 Å². The molecule has 0 amide bonds. The molecule has 0 spiro atoms. The van der Waals surface area contributed by atoms with Crippen LogP contribution in [0.3, 0.4) is 0 Å². The van der Waals surface area contributed by atoms with E-state index in [4.69, 9.17) is 13.1 Å². The zero-order chi connectivity index (χ0) is 13.4. The molecule has 0 aliphatic carbocycles. The zero-order valence-electron chi connectivity index (χ0n) is 10.2. The van der Waals surface area contributed by atoms with Crippen molar-refractivity contribution in [2.45, 2.75) is 35.6 Å². The smallest absolute Gasteiger partial charge is 0.305 e.